The molecule has 0 atom stereocenters. The minimum atomic E-state index is -3.62. The minimum Gasteiger partial charge on any atom is -0.342 e. The van der Waals surface area contributed by atoms with Gasteiger partial charge in [0.25, 0.3) is 5.91 Å². The first-order chi connectivity index (χ1) is 15.7. The molecule has 0 saturated heterocycles. The quantitative estimate of drug-likeness (QED) is 0.379. The maximum Gasteiger partial charge on any atom is 0.255 e. The molecular weight excluding hydrogens is 443 g/mol. The Hall–Kier alpha value is -3.56. The van der Waals surface area contributed by atoms with Gasteiger partial charge in [0.1, 0.15) is 11.6 Å². The van der Waals surface area contributed by atoms with Gasteiger partial charge in [-0.15, -0.1) is 0 Å². The van der Waals surface area contributed by atoms with Crippen LogP contribution < -0.4 is 10.0 Å². The van der Waals surface area contributed by atoms with E-state index in [9.17, 15) is 17.6 Å². The van der Waals surface area contributed by atoms with Crippen LogP contribution in [0.5, 0.6) is 0 Å². The first-order valence-electron chi connectivity index (χ1n) is 10.4. The van der Waals surface area contributed by atoms with Crippen molar-refractivity contribution in [1.82, 2.24) is 14.7 Å². The van der Waals surface area contributed by atoms with Crippen molar-refractivity contribution in [3.63, 3.8) is 0 Å². The summed E-state index contributed by atoms with van der Waals surface area (Å²) in [4.78, 5) is 20.4. The van der Waals surface area contributed by atoms with Crippen LogP contribution in [0.1, 0.15) is 35.6 Å². The predicted octanol–water partition coefficient (Wildman–Crippen LogP) is 4.23. The van der Waals surface area contributed by atoms with Crippen LogP contribution in [0.4, 0.5) is 10.1 Å². The summed E-state index contributed by atoms with van der Waals surface area (Å²) in [7, 11) is -3.62. The zero-order chi connectivity index (χ0) is 23.6. The Morgan fingerprint density at radius 1 is 1.06 bits per heavy atom. The topological polar surface area (TPSA) is 104 Å². The number of halogens is 1. The van der Waals surface area contributed by atoms with Gasteiger partial charge in [0.05, 0.1) is 15.9 Å². The van der Waals surface area contributed by atoms with Gasteiger partial charge in [-0.3, -0.25) is 4.79 Å². The number of imidazole rings is 1. The molecule has 1 aromatic heterocycles. The molecule has 0 aliphatic rings. The molecule has 3 aromatic carbocycles. The lowest BCUT2D eigenvalue weighted by Crippen LogP contribution is -2.30. The predicted molar refractivity (Wildman–Crippen MR) is 125 cm³/mol. The molecular formula is C24H23FN4O3S. The van der Waals surface area contributed by atoms with E-state index in [2.05, 4.69) is 20.0 Å². The molecule has 0 fully saturated rings. The molecule has 4 aromatic rings. The van der Waals surface area contributed by atoms with Gasteiger partial charge >= 0.3 is 0 Å². The first kappa shape index (κ1) is 22.6. The van der Waals surface area contributed by atoms with E-state index in [0.717, 1.165) is 0 Å². The molecule has 0 radical (unpaired) electrons. The van der Waals surface area contributed by atoms with Crippen LogP contribution in [-0.2, 0) is 16.4 Å². The number of carbonyl (C=O) groups is 1. The Kier molecular flexibility index (Phi) is 6.26. The van der Waals surface area contributed by atoms with Gasteiger partial charge in [-0.1, -0.05) is 18.2 Å². The van der Waals surface area contributed by atoms with Crippen molar-refractivity contribution in [3.8, 4) is 0 Å². The van der Waals surface area contributed by atoms with Gasteiger partial charge in [-0.25, -0.2) is 22.5 Å². The maximum absolute atomic E-state index is 13.9. The van der Waals surface area contributed by atoms with E-state index in [1.54, 1.807) is 50.2 Å². The third kappa shape index (κ3) is 5.27. The third-order valence-electron chi connectivity index (χ3n) is 4.92. The molecule has 1 amide bonds. The second kappa shape index (κ2) is 9.13. The molecule has 3 N–H and O–H groups in total. The van der Waals surface area contributed by atoms with E-state index >= 15 is 0 Å². The summed E-state index contributed by atoms with van der Waals surface area (Å²) in [5, 5.41) is 2.80. The number of H-pyrrole nitrogens is 1. The van der Waals surface area contributed by atoms with Crippen LogP contribution in [0.2, 0.25) is 0 Å². The highest BCUT2D eigenvalue weighted by Gasteiger charge is 2.16. The summed E-state index contributed by atoms with van der Waals surface area (Å²) in [6, 6.07) is 17.3. The number of nitrogens with one attached hydrogen (secondary N) is 3. The lowest BCUT2D eigenvalue weighted by Gasteiger charge is -2.10. The zero-order valence-electron chi connectivity index (χ0n) is 18.1. The molecule has 9 heteroatoms. The van der Waals surface area contributed by atoms with E-state index in [4.69, 9.17) is 0 Å². The number of nitrogens with zero attached hydrogens (tertiary/aromatic N) is 1. The van der Waals surface area contributed by atoms with E-state index in [0.29, 0.717) is 40.1 Å². The molecule has 0 spiro atoms. The Morgan fingerprint density at radius 2 is 1.79 bits per heavy atom. The Labute approximate surface area is 191 Å². The molecule has 0 aliphatic heterocycles. The Balaban J connectivity index is 1.48. The number of sulfonamides is 1. The summed E-state index contributed by atoms with van der Waals surface area (Å²) in [6.45, 7) is 3.47. The number of rotatable bonds is 7. The van der Waals surface area contributed by atoms with Crippen LogP contribution in [0.3, 0.4) is 0 Å². The van der Waals surface area contributed by atoms with Gasteiger partial charge in [0.15, 0.2) is 0 Å². The number of fused-ring (bicyclic) bond motifs is 1. The number of aromatic nitrogens is 2. The van der Waals surface area contributed by atoms with E-state index in [1.807, 2.05) is 0 Å². The van der Waals surface area contributed by atoms with Crippen LogP contribution >= 0.6 is 0 Å². The number of benzene rings is 3. The standard InChI is InChI=1S/C24H23FN4O3S/c1-15(2)29-33(31,32)19-10-7-16(8-11-19)24(30)26-18-9-12-21-22(14-18)28-23(27-21)13-17-5-3-4-6-20(17)25/h3-12,14-15,29H,13H2,1-2H3,(H,26,30)(H,27,28). The van der Waals surface area contributed by atoms with Crippen molar-refractivity contribution >= 4 is 32.7 Å². The highest BCUT2D eigenvalue weighted by atomic mass is 32.2. The van der Waals surface area contributed by atoms with Gasteiger partial charge in [-0.05, 0) is 67.9 Å². The second-order valence-electron chi connectivity index (χ2n) is 7.94. The fraction of sp³-hybridized carbons (Fsp3) is 0.167. The van der Waals surface area contributed by atoms with Crippen molar-refractivity contribution in [1.29, 1.82) is 0 Å². The van der Waals surface area contributed by atoms with Crippen LogP contribution in [-0.4, -0.2) is 30.3 Å². The average Bonchev–Trinajstić information content (AvgIpc) is 3.16. The van der Waals surface area contributed by atoms with Crippen molar-refractivity contribution in [3.05, 3.63) is 89.5 Å². The van der Waals surface area contributed by atoms with Gasteiger partial charge in [0.2, 0.25) is 10.0 Å². The van der Waals surface area contributed by atoms with Crippen molar-refractivity contribution < 1.29 is 17.6 Å². The number of amides is 1. The van der Waals surface area contributed by atoms with Crippen molar-refractivity contribution in [2.24, 2.45) is 0 Å². The van der Waals surface area contributed by atoms with Crippen molar-refractivity contribution in [2.45, 2.75) is 31.2 Å². The average molecular weight is 467 g/mol. The molecule has 170 valence electrons. The molecule has 1 heterocycles. The number of carbonyl (C=O) groups excluding carboxylic acids is 1. The molecule has 4 rings (SSSR count). The summed E-state index contributed by atoms with van der Waals surface area (Å²) in [6.07, 6.45) is 0.323. The summed E-state index contributed by atoms with van der Waals surface area (Å²) >= 11 is 0. The SMILES string of the molecule is CC(C)NS(=O)(=O)c1ccc(C(=O)Nc2ccc3nc(Cc4ccccc4F)[nH]c3c2)cc1. The first-order valence-corrected chi connectivity index (χ1v) is 11.9. The summed E-state index contributed by atoms with van der Waals surface area (Å²) < 4.78 is 40.9. The van der Waals surface area contributed by atoms with E-state index in [1.165, 1.54) is 30.3 Å². The fourth-order valence-electron chi connectivity index (χ4n) is 3.41. The number of hydrogen-bond donors (Lipinski definition) is 3. The highest BCUT2D eigenvalue weighted by molar-refractivity contribution is 7.89. The second-order valence-corrected chi connectivity index (χ2v) is 9.65. The fourth-order valence-corrected chi connectivity index (χ4v) is 4.66. The molecule has 0 bridgehead atoms. The largest absolute Gasteiger partial charge is 0.342 e. The van der Waals surface area contributed by atoms with Gasteiger partial charge in [-0.2, -0.15) is 0 Å². The van der Waals surface area contributed by atoms with E-state index < -0.39 is 10.0 Å². The van der Waals surface area contributed by atoms with Crippen LogP contribution in [0, 0.1) is 5.82 Å². The van der Waals surface area contributed by atoms with Crippen LogP contribution in [0.15, 0.2) is 71.6 Å². The molecule has 0 aliphatic carbocycles. The van der Waals surface area contributed by atoms with E-state index in [-0.39, 0.29) is 22.7 Å². The normalized spacial score (nSPS) is 11.8. The molecule has 33 heavy (non-hydrogen) atoms. The molecule has 0 saturated carbocycles. The zero-order valence-corrected chi connectivity index (χ0v) is 18.9. The number of aromatic amines is 1. The lowest BCUT2D eigenvalue weighted by molar-refractivity contribution is 0.102. The lowest BCUT2D eigenvalue weighted by atomic mass is 10.1. The Morgan fingerprint density at radius 3 is 2.48 bits per heavy atom. The van der Waals surface area contributed by atoms with Gasteiger partial charge < -0.3 is 10.3 Å². The minimum absolute atomic E-state index is 0.0917. The highest BCUT2D eigenvalue weighted by Crippen LogP contribution is 2.20. The maximum atomic E-state index is 13.9. The molecule has 0 unspecified atom stereocenters. The Bertz CT molecular complexity index is 1410. The van der Waals surface area contributed by atoms with Crippen molar-refractivity contribution in [2.75, 3.05) is 5.32 Å². The number of anilines is 1. The summed E-state index contributed by atoms with van der Waals surface area (Å²) in [5.41, 5.74) is 2.82. The van der Waals surface area contributed by atoms with Crippen LogP contribution in [0.25, 0.3) is 11.0 Å². The molecule has 7 nitrogen and oxygen atoms in total. The smallest absolute Gasteiger partial charge is 0.255 e. The number of hydrogen-bond acceptors (Lipinski definition) is 4. The van der Waals surface area contributed by atoms with Gasteiger partial charge in [0, 0.05) is 23.7 Å². The monoisotopic (exact) mass is 466 g/mol. The third-order valence-corrected chi connectivity index (χ3v) is 6.60. The summed E-state index contributed by atoms with van der Waals surface area (Å²) in [5.74, 6) is -0.0451.